The van der Waals surface area contributed by atoms with Gasteiger partial charge in [0, 0.05) is 13.1 Å². The smallest absolute Gasteiger partial charge is 0.254 e. The summed E-state index contributed by atoms with van der Waals surface area (Å²) in [5, 5.41) is 2.56. The molecule has 0 aromatic heterocycles. The number of carbonyl (C=O) groups excluding carboxylic acids is 1. The summed E-state index contributed by atoms with van der Waals surface area (Å²) in [6, 6.07) is 10.1. The molecular weight excluding hydrogens is 262 g/mol. The van der Waals surface area contributed by atoms with Crippen LogP contribution in [0.4, 0.5) is 8.78 Å². The number of halogens is 2. The van der Waals surface area contributed by atoms with Crippen molar-refractivity contribution >= 4 is 5.91 Å². The zero-order valence-corrected chi connectivity index (χ0v) is 10.7. The van der Waals surface area contributed by atoms with E-state index in [4.69, 9.17) is 5.73 Å². The van der Waals surface area contributed by atoms with Gasteiger partial charge in [0.25, 0.3) is 5.91 Å². The molecule has 3 nitrogen and oxygen atoms in total. The van der Waals surface area contributed by atoms with Crippen molar-refractivity contribution in [2.24, 2.45) is 5.73 Å². The molecule has 0 aliphatic heterocycles. The van der Waals surface area contributed by atoms with Crippen LogP contribution in [0.25, 0.3) is 0 Å². The number of carbonyl (C=O) groups is 1. The van der Waals surface area contributed by atoms with Gasteiger partial charge in [-0.05, 0) is 29.3 Å². The summed E-state index contributed by atoms with van der Waals surface area (Å²) >= 11 is 0. The van der Waals surface area contributed by atoms with E-state index in [9.17, 15) is 13.6 Å². The first kappa shape index (κ1) is 14.1. The minimum Gasteiger partial charge on any atom is -0.348 e. The molecule has 104 valence electrons. The van der Waals surface area contributed by atoms with Crippen LogP contribution in [0.1, 0.15) is 21.5 Å². The van der Waals surface area contributed by atoms with Gasteiger partial charge in [-0.3, -0.25) is 4.79 Å². The molecule has 5 heteroatoms. The molecule has 2 aromatic carbocycles. The van der Waals surface area contributed by atoms with Crippen LogP contribution in [-0.4, -0.2) is 5.91 Å². The van der Waals surface area contributed by atoms with Crippen molar-refractivity contribution in [2.45, 2.75) is 13.1 Å². The molecule has 0 aliphatic rings. The average Bonchev–Trinajstić information content (AvgIpc) is 2.47. The highest BCUT2D eigenvalue weighted by molar-refractivity contribution is 5.94. The van der Waals surface area contributed by atoms with E-state index in [1.807, 2.05) is 24.3 Å². The molecule has 0 bridgehead atoms. The van der Waals surface area contributed by atoms with Crippen molar-refractivity contribution in [2.75, 3.05) is 0 Å². The fourth-order valence-electron chi connectivity index (χ4n) is 1.87. The van der Waals surface area contributed by atoms with Crippen molar-refractivity contribution in [3.63, 3.8) is 0 Å². The molecule has 2 rings (SSSR count). The molecule has 1 amide bonds. The molecule has 0 fully saturated rings. The first-order valence-corrected chi connectivity index (χ1v) is 6.12. The van der Waals surface area contributed by atoms with Gasteiger partial charge in [0.15, 0.2) is 0 Å². The van der Waals surface area contributed by atoms with Crippen LogP contribution in [0.3, 0.4) is 0 Å². The summed E-state index contributed by atoms with van der Waals surface area (Å²) in [6.07, 6.45) is 0. The van der Waals surface area contributed by atoms with E-state index < -0.39 is 17.5 Å². The minimum atomic E-state index is -0.754. The maximum Gasteiger partial charge on any atom is 0.254 e. The zero-order valence-electron chi connectivity index (χ0n) is 10.7. The Hall–Kier alpha value is -2.27. The summed E-state index contributed by atoms with van der Waals surface area (Å²) in [5.74, 6) is -2.07. The highest BCUT2D eigenvalue weighted by atomic mass is 19.1. The van der Waals surface area contributed by atoms with Crippen molar-refractivity contribution in [1.82, 2.24) is 5.32 Å². The van der Waals surface area contributed by atoms with Crippen molar-refractivity contribution in [3.05, 3.63) is 70.8 Å². The second-order valence-electron chi connectivity index (χ2n) is 4.28. The Morgan fingerprint density at radius 3 is 2.50 bits per heavy atom. The van der Waals surface area contributed by atoms with E-state index in [-0.39, 0.29) is 12.1 Å². The summed E-state index contributed by atoms with van der Waals surface area (Å²) in [4.78, 5) is 11.8. The van der Waals surface area contributed by atoms with E-state index in [1.165, 1.54) is 0 Å². The van der Waals surface area contributed by atoms with Gasteiger partial charge in [-0.2, -0.15) is 0 Å². The number of nitrogens with one attached hydrogen (secondary N) is 1. The van der Waals surface area contributed by atoms with Gasteiger partial charge >= 0.3 is 0 Å². The second kappa shape index (κ2) is 6.25. The van der Waals surface area contributed by atoms with Gasteiger partial charge in [-0.15, -0.1) is 0 Å². The molecule has 2 aromatic rings. The lowest BCUT2D eigenvalue weighted by atomic mass is 10.1. The Morgan fingerprint density at radius 2 is 1.80 bits per heavy atom. The maximum atomic E-state index is 13.4. The third-order valence-corrected chi connectivity index (χ3v) is 2.95. The minimum absolute atomic E-state index is 0.210. The Morgan fingerprint density at radius 1 is 1.10 bits per heavy atom. The normalized spacial score (nSPS) is 10.3. The van der Waals surface area contributed by atoms with Crippen LogP contribution in [0, 0.1) is 11.6 Å². The lowest BCUT2D eigenvalue weighted by molar-refractivity contribution is 0.0946. The molecule has 0 saturated heterocycles. The highest BCUT2D eigenvalue weighted by Gasteiger charge is 2.12. The number of rotatable bonds is 4. The van der Waals surface area contributed by atoms with Crippen LogP contribution < -0.4 is 11.1 Å². The molecule has 0 unspecified atom stereocenters. The maximum absolute atomic E-state index is 13.4. The Kier molecular flexibility index (Phi) is 4.42. The third kappa shape index (κ3) is 3.19. The average molecular weight is 276 g/mol. The summed E-state index contributed by atoms with van der Waals surface area (Å²) < 4.78 is 26.5. The lowest BCUT2D eigenvalue weighted by Gasteiger charge is -2.09. The van der Waals surface area contributed by atoms with E-state index in [2.05, 4.69) is 5.32 Å². The quantitative estimate of drug-likeness (QED) is 0.900. The summed E-state index contributed by atoms with van der Waals surface area (Å²) in [7, 11) is 0. The van der Waals surface area contributed by atoms with Crippen LogP contribution in [0.5, 0.6) is 0 Å². The van der Waals surface area contributed by atoms with E-state index in [0.717, 1.165) is 29.3 Å². The van der Waals surface area contributed by atoms with Gasteiger partial charge < -0.3 is 11.1 Å². The van der Waals surface area contributed by atoms with Crippen molar-refractivity contribution < 1.29 is 13.6 Å². The highest BCUT2D eigenvalue weighted by Crippen LogP contribution is 2.11. The third-order valence-electron chi connectivity index (χ3n) is 2.95. The second-order valence-corrected chi connectivity index (χ2v) is 4.28. The molecule has 0 saturated carbocycles. The molecule has 0 radical (unpaired) electrons. The van der Waals surface area contributed by atoms with E-state index >= 15 is 0 Å². The molecular formula is C15H14F2N2O. The molecule has 0 aliphatic carbocycles. The monoisotopic (exact) mass is 276 g/mol. The Balaban J connectivity index is 2.11. The predicted octanol–water partition coefficient (Wildman–Crippen LogP) is 2.35. The van der Waals surface area contributed by atoms with Crippen LogP contribution in [0.2, 0.25) is 0 Å². The molecule has 3 N–H and O–H groups in total. The first-order valence-electron chi connectivity index (χ1n) is 6.12. The molecule has 20 heavy (non-hydrogen) atoms. The fourth-order valence-corrected chi connectivity index (χ4v) is 1.87. The fraction of sp³-hybridized carbons (Fsp3) is 0.133. The first-order chi connectivity index (χ1) is 9.61. The number of nitrogens with two attached hydrogens (primary N) is 1. The van der Waals surface area contributed by atoms with Crippen molar-refractivity contribution in [1.29, 1.82) is 0 Å². The largest absolute Gasteiger partial charge is 0.348 e. The molecule has 0 atom stereocenters. The van der Waals surface area contributed by atoms with Gasteiger partial charge in [0.2, 0.25) is 0 Å². The summed E-state index contributed by atoms with van der Waals surface area (Å²) in [6.45, 7) is 0.558. The van der Waals surface area contributed by atoms with Gasteiger partial charge in [0.1, 0.15) is 11.6 Å². The molecule has 0 spiro atoms. The van der Waals surface area contributed by atoms with Crippen LogP contribution >= 0.6 is 0 Å². The van der Waals surface area contributed by atoms with Gasteiger partial charge in [-0.25, -0.2) is 8.78 Å². The van der Waals surface area contributed by atoms with Gasteiger partial charge in [-0.1, -0.05) is 24.3 Å². The van der Waals surface area contributed by atoms with Crippen LogP contribution in [-0.2, 0) is 13.1 Å². The van der Waals surface area contributed by atoms with Crippen molar-refractivity contribution in [3.8, 4) is 0 Å². The number of hydrogen-bond donors (Lipinski definition) is 2. The summed E-state index contributed by atoms with van der Waals surface area (Å²) in [5.41, 5.74) is 7.02. The number of benzene rings is 2. The number of amides is 1. The lowest BCUT2D eigenvalue weighted by Crippen LogP contribution is -2.24. The predicted molar refractivity (Wildman–Crippen MR) is 71.9 cm³/mol. The topological polar surface area (TPSA) is 55.1 Å². The Bertz CT molecular complexity index is 629. The Labute approximate surface area is 115 Å². The SMILES string of the molecule is NCc1ccccc1CNC(=O)c1cc(F)ccc1F. The van der Waals surface area contributed by atoms with E-state index in [1.54, 1.807) is 0 Å². The molecule has 0 heterocycles. The van der Waals surface area contributed by atoms with Crippen LogP contribution in [0.15, 0.2) is 42.5 Å². The standard InChI is InChI=1S/C15H14F2N2O/c16-12-5-6-14(17)13(7-12)15(20)19-9-11-4-2-1-3-10(11)8-18/h1-7H,8-9,18H2,(H,19,20). The zero-order chi connectivity index (χ0) is 14.5. The number of hydrogen-bond acceptors (Lipinski definition) is 2. The van der Waals surface area contributed by atoms with Gasteiger partial charge in [0.05, 0.1) is 5.56 Å². The van der Waals surface area contributed by atoms with E-state index in [0.29, 0.717) is 6.54 Å².